The topological polar surface area (TPSA) is 0 Å². The molecule has 1 aromatic carbocycles. The van der Waals surface area contributed by atoms with Crippen molar-refractivity contribution in [3.8, 4) is 0 Å². The highest BCUT2D eigenvalue weighted by atomic mass is 14.6. The molecule has 0 N–H and O–H groups in total. The minimum Gasteiger partial charge on any atom is -0.0996 e. The van der Waals surface area contributed by atoms with Gasteiger partial charge in [0.1, 0.15) is 0 Å². The second-order valence-corrected chi connectivity index (χ2v) is 7.37. The van der Waals surface area contributed by atoms with E-state index in [9.17, 15) is 0 Å². The zero-order valence-corrected chi connectivity index (χ0v) is 13.9. The van der Waals surface area contributed by atoms with Crippen molar-refractivity contribution >= 4 is 0 Å². The molecule has 0 bridgehead atoms. The van der Waals surface area contributed by atoms with Crippen molar-refractivity contribution in [2.75, 3.05) is 0 Å². The van der Waals surface area contributed by atoms with Gasteiger partial charge in [0, 0.05) is 0 Å². The Kier molecular flexibility index (Phi) is 4.42. The molecule has 2 aliphatic carbocycles. The van der Waals surface area contributed by atoms with E-state index in [0.29, 0.717) is 5.92 Å². The maximum atomic E-state index is 4.10. The van der Waals surface area contributed by atoms with Gasteiger partial charge in [-0.3, -0.25) is 0 Å². The Labute approximate surface area is 125 Å². The summed E-state index contributed by atoms with van der Waals surface area (Å²) in [5.74, 6) is 2.46. The SMILES string of the molecule is C=C1CCC2(C(C)C)CC12.Cc1ccc(C(C)C)cc1. The Morgan fingerprint density at radius 3 is 2.00 bits per heavy atom. The number of hydrogen-bond donors (Lipinski definition) is 0. The van der Waals surface area contributed by atoms with Gasteiger partial charge in [-0.1, -0.05) is 69.7 Å². The first kappa shape index (κ1) is 15.4. The smallest absolute Gasteiger partial charge is 0.0141 e. The van der Waals surface area contributed by atoms with Gasteiger partial charge in [-0.2, -0.15) is 0 Å². The summed E-state index contributed by atoms with van der Waals surface area (Å²) in [6, 6.07) is 8.71. The van der Waals surface area contributed by atoms with E-state index >= 15 is 0 Å². The molecule has 0 heteroatoms. The zero-order chi connectivity index (χ0) is 14.9. The molecular formula is C20H30. The van der Waals surface area contributed by atoms with Crippen molar-refractivity contribution in [3.63, 3.8) is 0 Å². The van der Waals surface area contributed by atoms with Gasteiger partial charge in [0.25, 0.3) is 0 Å². The molecule has 0 aromatic heterocycles. The minimum absolute atomic E-state index is 0.653. The highest BCUT2D eigenvalue weighted by Gasteiger charge is 2.59. The molecule has 0 spiro atoms. The Bertz CT molecular complexity index is 463. The molecule has 20 heavy (non-hydrogen) atoms. The van der Waals surface area contributed by atoms with Gasteiger partial charge in [-0.15, -0.1) is 0 Å². The average Bonchev–Trinajstić information content (AvgIpc) is 3.06. The standard InChI is InChI=1S/C10H16.C10H14/c1-7(2)10-5-4-8(3)9(10)6-10;1-8(2)10-6-4-9(3)5-7-10/h7,9H,3-6H2,1-2H3;4-8H,1-3H3. The van der Waals surface area contributed by atoms with Crippen LogP contribution in [0.2, 0.25) is 0 Å². The molecule has 3 rings (SSSR count). The summed E-state index contributed by atoms with van der Waals surface area (Å²) < 4.78 is 0. The zero-order valence-electron chi connectivity index (χ0n) is 13.9. The van der Waals surface area contributed by atoms with E-state index in [-0.39, 0.29) is 0 Å². The summed E-state index contributed by atoms with van der Waals surface area (Å²) in [5, 5.41) is 0. The number of fused-ring (bicyclic) bond motifs is 1. The van der Waals surface area contributed by atoms with E-state index in [0.717, 1.165) is 17.3 Å². The highest BCUT2D eigenvalue weighted by Crippen LogP contribution is 2.69. The third-order valence-corrected chi connectivity index (χ3v) is 5.42. The van der Waals surface area contributed by atoms with Crippen LogP contribution >= 0.6 is 0 Å². The summed E-state index contributed by atoms with van der Waals surface area (Å²) in [6.45, 7) is 15.4. The molecule has 0 amide bonds. The second-order valence-electron chi connectivity index (χ2n) is 7.37. The quantitative estimate of drug-likeness (QED) is 0.568. The van der Waals surface area contributed by atoms with Gasteiger partial charge in [-0.25, -0.2) is 0 Å². The summed E-state index contributed by atoms with van der Waals surface area (Å²) in [5.41, 5.74) is 5.03. The number of hydrogen-bond acceptors (Lipinski definition) is 0. The number of benzene rings is 1. The lowest BCUT2D eigenvalue weighted by molar-refractivity contribution is 0.344. The van der Waals surface area contributed by atoms with E-state index in [2.05, 4.69) is 65.5 Å². The van der Waals surface area contributed by atoms with Crippen LogP contribution in [0.15, 0.2) is 36.4 Å². The Balaban J connectivity index is 0.000000147. The van der Waals surface area contributed by atoms with Crippen LogP contribution in [0, 0.1) is 24.2 Å². The summed E-state index contributed by atoms with van der Waals surface area (Å²) >= 11 is 0. The fourth-order valence-corrected chi connectivity index (χ4v) is 3.59. The van der Waals surface area contributed by atoms with Crippen LogP contribution in [0.3, 0.4) is 0 Å². The third kappa shape index (κ3) is 3.00. The summed E-state index contributed by atoms with van der Waals surface area (Å²) in [4.78, 5) is 0. The van der Waals surface area contributed by atoms with Crippen molar-refractivity contribution < 1.29 is 0 Å². The van der Waals surface area contributed by atoms with E-state index in [1.165, 1.54) is 36.0 Å². The molecule has 1 aromatic rings. The molecule has 110 valence electrons. The van der Waals surface area contributed by atoms with Crippen LogP contribution in [0.25, 0.3) is 0 Å². The van der Waals surface area contributed by atoms with Crippen molar-refractivity contribution in [3.05, 3.63) is 47.5 Å². The van der Waals surface area contributed by atoms with Crippen LogP contribution in [-0.2, 0) is 0 Å². The first-order valence-electron chi connectivity index (χ1n) is 8.11. The molecule has 0 heterocycles. The molecule has 2 aliphatic rings. The van der Waals surface area contributed by atoms with Crippen molar-refractivity contribution in [2.24, 2.45) is 17.3 Å². The van der Waals surface area contributed by atoms with Crippen LogP contribution < -0.4 is 0 Å². The average molecular weight is 270 g/mol. The normalized spacial score (nSPS) is 27.4. The van der Waals surface area contributed by atoms with E-state index in [1.807, 2.05) is 0 Å². The molecular weight excluding hydrogens is 240 g/mol. The highest BCUT2D eigenvalue weighted by molar-refractivity contribution is 5.26. The molecule has 2 atom stereocenters. The predicted molar refractivity (Wildman–Crippen MR) is 89.0 cm³/mol. The lowest BCUT2D eigenvalue weighted by Gasteiger charge is -2.15. The Morgan fingerprint density at radius 2 is 1.70 bits per heavy atom. The number of allylic oxidation sites excluding steroid dienone is 1. The molecule has 2 saturated carbocycles. The summed E-state index contributed by atoms with van der Waals surface area (Å²) in [7, 11) is 0. The second kappa shape index (κ2) is 5.76. The lowest BCUT2D eigenvalue weighted by atomic mass is 9.90. The maximum Gasteiger partial charge on any atom is -0.0141 e. The van der Waals surface area contributed by atoms with E-state index in [4.69, 9.17) is 0 Å². The predicted octanol–water partition coefficient (Wildman–Crippen LogP) is 6.12. The molecule has 0 aliphatic heterocycles. The van der Waals surface area contributed by atoms with Crippen molar-refractivity contribution in [1.29, 1.82) is 0 Å². The van der Waals surface area contributed by atoms with Gasteiger partial charge >= 0.3 is 0 Å². The van der Waals surface area contributed by atoms with Crippen LogP contribution in [-0.4, -0.2) is 0 Å². The van der Waals surface area contributed by atoms with Crippen LogP contribution in [0.5, 0.6) is 0 Å². The van der Waals surface area contributed by atoms with Gasteiger partial charge in [-0.05, 0) is 54.9 Å². The van der Waals surface area contributed by atoms with E-state index in [1.54, 1.807) is 0 Å². The molecule has 0 saturated heterocycles. The fourth-order valence-electron chi connectivity index (χ4n) is 3.59. The Morgan fingerprint density at radius 1 is 1.10 bits per heavy atom. The monoisotopic (exact) mass is 270 g/mol. The van der Waals surface area contributed by atoms with Crippen molar-refractivity contribution in [2.45, 2.75) is 59.8 Å². The van der Waals surface area contributed by atoms with Gasteiger partial charge < -0.3 is 0 Å². The Hall–Kier alpha value is -1.04. The minimum atomic E-state index is 0.653. The van der Waals surface area contributed by atoms with Gasteiger partial charge in [0.2, 0.25) is 0 Å². The molecule has 2 unspecified atom stereocenters. The van der Waals surface area contributed by atoms with Gasteiger partial charge in [0.05, 0.1) is 0 Å². The first-order valence-corrected chi connectivity index (χ1v) is 8.11. The maximum absolute atomic E-state index is 4.10. The molecule has 0 nitrogen and oxygen atoms in total. The third-order valence-electron chi connectivity index (χ3n) is 5.42. The number of aryl methyl sites for hydroxylation is 1. The van der Waals surface area contributed by atoms with Crippen molar-refractivity contribution in [1.82, 2.24) is 0 Å². The van der Waals surface area contributed by atoms with E-state index < -0.39 is 0 Å². The van der Waals surface area contributed by atoms with Gasteiger partial charge in [0.15, 0.2) is 0 Å². The molecule has 0 radical (unpaired) electrons. The number of rotatable bonds is 2. The summed E-state index contributed by atoms with van der Waals surface area (Å²) in [6.07, 6.45) is 4.18. The molecule has 2 fully saturated rings. The van der Waals surface area contributed by atoms with Crippen LogP contribution in [0.4, 0.5) is 0 Å². The lowest BCUT2D eigenvalue weighted by Crippen LogP contribution is -2.07. The first-order chi connectivity index (χ1) is 9.36. The fraction of sp³-hybridized carbons (Fsp3) is 0.600. The largest absolute Gasteiger partial charge is 0.0996 e. The van der Waals surface area contributed by atoms with Crippen LogP contribution in [0.1, 0.15) is 64.0 Å².